The molecule has 0 N–H and O–H groups in total. The van der Waals surface area contributed by atoms with Crippen LogP contribution in [0.15, 0.2) is 63.9 Å². The average molecular weight is 492 g/mol. The first kappa shape index (κ1) is 24.5. The summed E-state index contributed by atoms with van der Waals surface area (Å²) in [6.07, 6.45) is 0. The minimum Gasteiger partial charge on any atom is -0.465 e. The molecule has 8 nitrogen and oxygen atoms in total. The Labute approximate surface area is 196 Å². The van der Waals surface area contributed by atoms with E-state index in [0.29, 0.717) is 5.76 Å². The van der Waals surface area contributed by atoms with E-state index < -0.39 is 22.0 Å². The number of methoxy groups -OCH3 is 1. The molecule has 174 valence electrons. The van der Waals surface area contributed by atoms with Gasteiger partial charge in [0.05, 0.1) is 22.6 Å². The van der Waals surface area contributed by atoms with Crippen LogP contribution in [-0.2, 0) is 32.6 Å². The highest BCUT2D eigenvalue weighted by Crippen LogP contribution is 2.25. The molecule has 1 heterocycles. The van der Waals surface area contributed by atoms with Gasteiger partial charge in [-0.25, -0.2) is 18.0 Å². The van der Waals surface area contributed by atoms with Crippen molar-refractivity contribution in [2.24, 2.45) is 0 Å². The molecule has 3 aromatic rings. The van der Waals surface area contributed by atoms with E-state index in [-0.39, 0.29) is 40.0 Å². The molecule has 1 aromatic heterocycles. The summed E-state index contributed by atoms with van der Waals surface area (Å²) in [5, 5.41) is 0.0375. The van der Waals surface area contributed by atoms with E-state index in [2.05, 4.69) is 4.74 Å². The number of sulfonamides is 1. The highest BCUT2D eigenvalue weighted by molar-refractivity contribution is 7.89. The van der Waals surface area contributed by atoms with Gasteiger partial charge in [-0.3, -0.25) is 0 Å². The van der Waals surface area contributed by atoms with Gasteiger partial charge in [-0.1, -0.05) is 41.9 Å². The van der Waals surface area contributed by atoms with E-state index in [9.17, 15) is 18.0 Å². The molecular weight excluding hydrogens is 470 g/mol. The topological polar surface area (TPSA) is 103 Å². The number of aryl methyl sites for hydroxylation is 1. The van der Waals surface area contributed by atoms with E-state index >= 15 is 0 Å². The zero-order chi connectivity index (χ0) is 24.2. The smallest absolute Gasteiger partial charge is 0.341 e. The standard InChI is InChI=1S/C23H22ClNO7S/c1-15-19(22(26)30-3)11-17(32-15)14-31-23(27)20-12-18(9-10-21(20)24)33(28,29)25(2)13-16-7-5-4-6-8-16/h4-12H,13-14H2,1-3H3. The van der Waals surface area contributed by atoms with Crippen LogP contribution in [-0.4, -0.2) is 38.8 Å². The van der Waals surface area contributed by atoms with Crippen LogP contribution in [0.3, 0.4) is 0 Å². The van der Waals surface area contributed by atoms with E-state index in [1.807, 2.05) is 30.3 Å². The van der Waals surface area contributed by atoms with Crippen molar-refractivity contribution in [1.82, 2.24) is 4.31 Å². The highest BCUT2D eigenvalue weighted by atomic mass is 35.5. The van der Waals surface area contributed by atoms with Crippen LogP contribution in [0.2, 0.25) is 5.02 Å². The van der Waals surface area contributed by atoms with Gasteiger partial charge >= 0.3 is 11.9 Å². The average Bonchev–Trinajstić information content (AvgIpc) is 3.18. The third-order valence-corrected chi connectivity index (χ3v) is 6.96. The molecule has 0 atom stereocenters. The van der Waals surface area contributed by atoms with Gasteiger partial charge in [0.2, 0.25) is 10.0 Å². The second-order valence-corrected chi connectivity index (χ2v) is 9.59. The Morgan fingerprint density at radius 3 is 2.39 bits per heavy atom. The van der Waals surface area contributed by atoms with Crippen LogP contribution in [0, 0.1) is 6.92 Å². The maximum absolute atomic E-state index is 13.0. The SMILES string of the molecule is COC(=O)c1cc(COC(=O)c2cc(S(=O)(=O)N(C)Cc3ccccc3)ccc2Cl)oc1C. The lowest BCUT2D eigenvalue weighted by molar-refractivity contribution is 0.0443. The van der Waals surface area contributed by atoms with Gasteiger partial charge in [-0.2, -0.15) is 4.31 Å². The molecule has 10 heteroatoms. The minimum atomic E-state index is -3.89. The Morgan fingerprint density at radius 1 is 1.03 bits per heavy atom. The predicted molar refractivity (Wildman–Crippen MR) is 120 cm³/mol. The van der Waals surface area contributed by atoms with Gasteiger partial charge in [0.1, 0.15) is 23.7 Å². The lowest BCUT2D eigenvalue weighted by Gasteiger charge is -2.18. The molecule has 0 fully saturated rings. The summed E-state index contributed by atoms with van der Waals surface area (Å²) in [4.78, 5) is 24.2. The highest BCUT2D eigenvalue weighted by Gasteiger charge is 2.24. The fourth-order valence-electron chi connectivity index (χ4n) is 3.07. The molecule has 2 aromatic carbocycles. The maximum Gasteiger partial charge on any atom is 0.341 e. The molecule has 0 amide bonds. The molecule has 0 bridgehead atoms. The molecule has 0 saturated carbocycles. The molecule has 0 unspecified atom stereocenters. The summed E-state index contributed by atoms with van der Waals surface area (Å²) in [5.74, 6) is -0.866. The summed E-state index contributed by atoms with van der Waals surface area (Å²) in [6.45, 7) is 1.46. The summed E-state index contributed by atoms with van der Waals surface area (Å²) in [6, 6.07) is 14.4. The number of hydrogen-bond acceptors (Lipinski definition) is 7. The van der Waals surface area contributed by atoms with Crippen molar-refractivity contribution >= 4 is 33.6 Å². The summed E-state index contributed by atoms with van der Waals surface area (Å²) >= 11 is 6.13. The van der Waals surface area contributed by atoms with Gasteiger partial charge in [0, 0.05) is 13.6 Å². The van der Waals surface area contributed by atoms with Gasteiger partial charge < -0.3 is 13.9 Å². The van der Waals surface area contributed by atoms with E-state index in [1.165, 1.54) is 42.7 Å². The number of carbonyl (C=O) groups excluding carboxylic acids is 2. The van der Waals surface area contributed by atoms with Crippen LogP contribution in [0.5, 0.6) is 0 Å². The van der Waals surface area contributed by atoms with Crippen LogP contribution in [0.4, 0.5) is 0 Å². The molecule has 0 aliphatic carbocycles. The quantitative estimate of drug-likeness (QED) is 0.435. The fourth-order valence-corrected chi connectivity index (χ4v) is 4.45. The Bertz CT molecular complexity index is 1270. The Morgan fingerprint density at radius 2 is 1.73 bits per heavy atom. The number of furan rings is 1. The van der Waals surface area contributed by atoms with Crippen LogP contribution in [0.1, 0.15) is 37.8 Å². The first-order valence-corrected chi connectivity index (χ1v) is 11.6. The number of rotatable bonds is 8. The van der Waals surface area contributed by atoms with Crippen molar-refractivity contribution in [3.63, 3.8) is 0 Å². The van der Waals surface area contributed by atoms with Gasteiger partial charge in [-0.05, 0) is 36.8 Å². The summed E-state index contributed by atoms with van der Waals surface area (Å²) in [5.41, 5.74) is 0.927. The first-order valence-electron chi connectivity index (χ1n) is 9.78. The lowest BCUT2D eigenvalue weighted by atomic mass is 10.2. The zero-order valence-corrected chi connectivity index (χ0v) is 19.8. The molecule has 0 aliphatic rings. The molecular formula is C23H22ClNO7S. The van der Waals surface area contributed by atoms with Gasteiger partial charge in [-0.15, -0.1) is 0 Å². The van der Waals surface area contributed by atoms with Gasteiger partial charge in [0.25, 0.3) is 0 Å². The van der Waals surface area contributed by atoms with E-state index in [1.54, 1.807) is 6.92 Å². The van der Waals surface area contributed by atoms with Crippen LogP contribution < -0.4 is 0 Å². The van der Waals surface area contributed by atoms with E-state index in [0.717, 1.165) is 5.56 Å². The maximum atomic E-state index is 13.0. The molecule has 0 aliphatic heterocycles. The number of ether oxygens (including phenoxy) is 2. The monoisotopic (exact) mass is 491 g/mol. The van der Waals surface area contributed by atoms with Crippen molar-refractivity contribution < 1.29 is 31.9 Å². The molecule has 3 rings (SSSR count). The molecule has 0 radical (unpaired) electrons. The van der Waals surface area contributed by atoms with Gasteiger partial charge in [0.15, 0.2) is 0 Å². The van der Waals surface area contributed by atoms with Crippen molar-refractivity contribution in [2.45, 2.75) is 25.0 Å². The number of nitrogens with zero attached hydrogens (tertiary/aromatic N) is 1. The number of halogens is 1. The number of benzene rings is 2. The normalized spacial score (nSPS) is 11.4. The second-order valence-electron chi connectivity index (χ2n) is 7.14. The third-order valence-electron chi connectivity index (χ3n) is 4.83. The molecule has 0 spiro atoms. The minimum absolute atomic E-state index is 0.0375. The zero-order valence-electron chi connectivity index (χ0n) is 18.2. The lowest BCUT2D eigenvalue weighted by Crippen LogP contribution is -2.26. The van der Waals surface area contributed by atoms with Crippen molar-refractivity contribution in [3.8, 4) is 0 Å². The van der Waals surface area contributed by atoms with Crippen molar-refractivity contribution in [2.75, 3.05) is 14.2 Å². The van der Waals surface area contributed by atoms with Crippen molar-refractivity contribution in [3.05, 3.63) is 87.8 Å². The Kier molecular flexibility index (Phi) is 7.57. The number of carbonyl (C=O) groups is 2. The van der Waals surface area contributed by atoms with Crippen LogP contribution in [0.25, 0.3) is 0 Å². The number of hydrogen-bond donors (Lipinski definition) is 0. The van der Waals surface area contributed by atoms with Crippen LogP contribution >= 0.6 is 11.6 Å². The Hall–Kier alpha value is -3.14. The molecule has 0 saturated heterocycles. The fraction of sp³-hybridized carbons (Fsp3) is 0.217. The third kappa shape index (κ3) is 5.62. The summed E-state index contributed by atoms with van der Waals surface area (Å²) < 4.78 is 42.5. The van der Waals surface area contributed by atoms with E-state index in [4.69, 9.17) is 20.8 Å². The largest absolute Gasteiger partial charge is 0.465 e. The number of esters is 2. The first-order chi connectivity index (χ1) is 15.6. The predicted octanol–water partition coefficient (Wildman–Crippen LogP) is 4.21. The molecule has 33 heavy (non-hydrogen) atoms. The second kappa shape index (κ2) is 10.2. The Balaban J connectivity index is 1.76. The summed E-state index contributed by atoms with van der Waals surface area (Å²) in [7, 11) is -1.20. The van der Waals surface area contributed by atoms with Crippen molar-refractivity contribution in [1.29, 1.82) is 0 Å².